The van der Waals surface area contributed by atoms with Crippen molar-refractivity contribution >= 4 is 17.0 Å². The maximum absolute atomic E-state index is 11.7. The molecule has 6 N–H and O–H groups in total. The molecule has 1 heterocycles. The Morgan fingerprint density at radius 3 is 2.36 bits per heavy atom. The summed E-state index contributed by atoms with van der Waals surface area (Å²) in [6.45, 7) is 1.03. The molecule has 10 heteroatoms. The summed E-state index contributed by atoms with van der Waals surface area (Å²) < 4.78 is 11.8. The SMILES string of the molecule is COc1cc(-c2ccc(COc3cccc([C@@H](NC(=O)O)c4ccccc4)c3)cc2)ccc1CNCC(O)c1ccc(O)c2[nH]c(=O)ccc12. The number of methoxy groups -OCH3 is 1. The molecular formula is C40H37N3O7. The minimum atomic E-state index is -1.11. The molecule has 6 rings (SSSR count). The number of carboxylic acid groups (broad SMARTS) is 1. The highest BCUT2D eigenvalue weighted by Gasteiger charge is 2.17. The zero-order valence-corrected chi connectivity index (χ0v) is 27.3. The average molecular weight is 672 g/mol. The minimum Gasteiger partial charge on any atom is -0.506 e. The Balaban J connectivity index is 1.07. The van der Waals surface area contributed by atoms with Crippen molar-refractivity contribution in [2.75, 3.05) is 13.7 Å². The Labute approximate surface area is 288 Å². The fraction of sp³-hybridized carbons (Fsp3) is 0.150. The molecule has 0 saturated heterocycles. The predicted molar refractivity (Wildman–Crippen MR) is 192 cm³/mol. The molecule has 254 valence electrons. The lowest BCUT2D eigenvalue weighted by atomic mass is 9.98. The van der Waals surface area contributed by atoms with Crippen LogP contribution in [-0.2, 0) is 13.2 Å². The van der Waals surface area contributed by atoms with Crippen LogP contribution in [0.25, 0.3) is 22.0 Å². The molecule has 1 amide bonds. The summed E-state index contributed by atoms with van der Waals surface area (Å²) in [5.41, 5.74) is 6.05. The van der Waals surface area contributed by atoms with Gasteiger partial charge in [-0.1, -0.05) is 84.9 Å². The molecule has 0 aliphatic rings. The molecule has 0 fully saturated rings. The smallest absolute Gasteiger partial charge is 0.405 e. The number of aliphatic hydroxyl groups excluding tert-OH is 1. The minimum absolute atomic E-state index is 0.0539. The Morgan fingerprint density at radius 2 is 1.60 bits per heavy atom. The summed E-state index contributed by atoms with van der Waals surface area (Å²) in [5.74, 6) is 1.28. The number of amides is 1. The number of phenols is 1. The number of fused-ring (bicyclic) bond motifs is 1. The topological polar surface area (TPSA) is 153 Å². The van der Waals surface area contributed by atoms with E-state index in [1.54, 1.807) is 19.2 Å². The fourth-order valence-electron chi connectivity index (χ4n) is 5.95. The van der Waals surface area contributed by atoms with Crippen molar-refractivity contribution < 1.29 is 29.6 Å². The summed E-state index contributed by atoms with van der Waals surface area (Å²) >= 11 is 0. The quantitative estimate of drug-likeness (QED) is 0.0797. The van der Waals surface area contributed by atoms with Gasteiger partial charge >= 0.3 is 6.09 Å². The molecule has 0 bridgehead atoms. The van der Waals surface area contributed by atoms with Crippen LogP contribution in [0.3, 0.4) is 0 Å². The third-order valence-corrected chi connectivity index (χ3v) is 8.49. The van der Waals surface area contributed by atoms with Crippen LogP contribution in [0.2, 0.25) is 0 Å². The molecule has 5 aromatic carbocycles. The number of hydrogen-bond acceptors (Lipinski definition) is 7. The van der Waals surface area contributed by atoms with Crippen LogP contribution in [0.4, 0.5) is 4.79 Å². The van der Waals surface area contributed by atoms with Crippen LogP contribution >= 0.6 is 0 Å². The number of aliphatic hydroxyl groups is 1. The number of nitrogens with one attached hydrogen (secondary N) is 3. The first-order valence-corrected chi connectivity index (χ1v) is 16.1. The number of ether oxygens (including phenoxy) is 2. The van der Waals surface area contributed by atoms with Gasteiger partial charge in [-0.25, -0.2) is 4.79 Å². The Bertz CT molecular complexity index is 2150. The number of H-pyrrole nitrogens is 1. The number of aromatic nitrogens is 1. The van der Waals surface area contributed by atoms with Crippen LogP contribution < -0.4 is 25.7 Å². The lowest BCUT2D eigenvalue weighted by Crippen LogP contribution is -2.27. The Morgan fingerprint density at radius 1 is 0.840 bits per heavy atom. The maximum atomic E-state index is 11.7. The second-order valence-corrected chi connectivity index (χ2v) is 11.8. The van der Waals surface area contributed by atoms with Gasteiger partial charge < -0.3 is 40.4 Å². The summed E-state index contributed by atoms with van der Waals surface area (Å²) in [6.07, 6.45) is -1.98. The fourth-order valence-corrected chi connectivity index (χ4v) is 5.95. The standard InChI is InChI=1S/C40H37N3O7/c1-49-36-21-28(14-15-30(36)22-41-23-35(45)32-16-18-34(44)39-33(32)17-19-37(46)42-39)26-12-10-25(11-13-26)24-50-31-9-5-8-29(20-31)38(43-40(47)48)27-6-3-2-4-7-27/h2-21,35,38,41,43-45H,22-24H2,1H3,(H,42,46)(H,47,48)/t35?,38-/m0/s1. The number of carbonyl (C=O) groups is 1. The zero-order valence-electron chi connectivity index (χ0n) is 27.3. The van der Waals surface area contributed by atoms with Crippen LogP contribution in [0.1, 0.15) is 40.0 Å². The van der Waals surface area contributed by atoms with Gasteiger partial charge in [0.15, 0.2) is 0 Å². The van der Waals surface area contributed by atoms with Crippen molar-refractivity contribution in [2.45, 2.75) is 25.3 Å². The van der Waals surface area contributed by atoms with E-state index >= 15 is 0 Å². The van der Waals surface area contributed by atoms with E-state index < -0.39 is 18.2 Å². The number of hydrogen-bond donors (Lipinski definition) is 6. The van der Waals surface area contributed by atoms with Gasteiger partial charge in [0.1, 0.15) is 23.9 Å². The zero-order chi connectivity index (χ0) is 35.0. The van der Waals surface area contributed by atoms with E-state index in [0.29, 0.717) is 41.1 Å². The van der Waals surface area contributed by atoms with Crippen molar-refractivity contribution in [3.63, 3.8) is 0 Å². The van der Waals surface area contributed by atoms with E-state index in [0.717, 1.165) is 33.4 Å². The largest absolute Gasteiger partial charge is 0.506 e. The highest BCUT2D eigenvalue weighted by atomic mass is 16.5. The number of pyridine rings is 1. The number of phenolic OH excluding ortho intramolecular Hbond substituents is 1. The van der Waals surface area contributed by atoms with E-state index in [4.69, 9.17) is 9.47 Å². The van der Waals surface area contributed by atoms with Crippen LogP contribution in [0.5, 0.6) is 17.2 Å². The average Bonchev–Trinajstić information content (AvgIpc) is 3.14. The van der Waals surface area contributed by atoms with Crippen LogP contribution in [-0.4, -0.2) is 40.1 Å². The van der Waals surface area contributed by atoms with Crippen LogP contribution in [0, 0.1) is 0 Å². The van der Waals surface area contributed by atoms with Crippen LogP contribution in [0.15, 0.2) is 126 Å². The molecular weight excluding hydrogens is 634 g/mol. The van der Waals surface area contributed by atoms with E-state index in [2.05, 4.69) is 15.6 Å². The predicted octanol–water partition coefficient (Wildman–Crippen LogP) is 6.67. The second kappa shape index (κ2) is 15.4. The van der Waals surface area contributed by atoms with Crippen molar-refractivity contribution in [3.05, 3.63) is 159 Å². The normalized spacial score (nSPS) is 12.3. The molecule has 0 aliphatic heterocycles. The number of aromatic hydroxyl groups is 1. The molecule has 1 aromatic heterocycles. The molecule has 2 atom stereocenters. The second-order valence-electron chi connectivity index (χ2n) is 11.8. The summed E-state index contributed by atoms with van der Waals surface area (Å²) in [4.78, 5) is 25.9. The highest BCUT2D eigenvalue weighted by molar-refractivity contribution is 5.87. The number of aromatic amines is 1. The molecule has 0 spiro atoms. The molecule has 10 nitrogen and oxygen atoms in total. The van der Waals surface area contributed by atoms with Gasteiger partial charge in [0.25, 0.3) is 0 Å². The van der Waals surface area contributed by atoms with Gasteiger partial charge in [0.05, 0.1) is 24.8 Å². The first-order valence-electron chi connectivity index (χ1n) is 16.1. The van der Waals surface area contributed by atoms with E-state index in [1.165, 1.54) is 12.1 Å². The van der Waals surface area contributed by atoms with Crippen molar-refractivity contribution in [3.8, 4) is 28.4 Å². The molecule has 0 aliphatic carbocycles. The van der Waals surface area contributed by atoms with Crippen molar-refractivity contribution in [1.82, 2.24) is 15.6 Å². The van der Waals surface area contributed by atoms with Gasteiger partial charge in [-0.05, 0) is 63.7 Å². The third kappa shape index (κ3) is 7.95. The first kappa shape index (κ1) is 33.8. The molecule has 0 radical (unpaired) electrons. The number of rotatable bonds is 13. The molecule has 50 heavy (non-hydrogen) atoms. The molecule has 6 aromatic rings. The maximum Gasteiger partial charge on any atom is 0.405 e. The van der Waals surface area contributed by atoms with E-state index in [-0.39, 0.29) is 17.9 Å². The Kier molecular flexibility index (Phi) is 10.4. The molecule has 0 saturated carbocycles. The van der Waals surface area contributed by atoms with Crippen molar-refractivity contribution in [2.24, 2.45) is 0 Å². The lowest BCUT2D eigenvalue weighted by Gasteiger charge is -2.19. The van der Waals surface area contributed by atoms with Gasteiger partial charge in [-0.2, -0.15) is 0 Å². The molecule has 1 unspecified atom stereocenters. The van der Waals surface area contributed by atoms with E-state index in [9.17, 15) is 24.9 Å². The first-order chi connectivity index (χ1) is 24.3. The lowest BCUT2D eigenvalue weighted by molar-refractivity contribution is 0.175. The Hall–Kier alpha value is -6.10. The number of benzene rings is 5. The summed E-state index contributed by atoms with van der Waals surface area (Å²) in [5, 5.41) is 36.9. The van der Waals surface area contributed by atoms with E-state index in [1.807, 2.05) is 97.1 Å². The van der Waals surface area contributed by atoms with Gasteiger partial charge in [-0.15, -0.1) is 0 Å². The third-order valence-electron chi connectivity index (χ3n) is 8.49. The summed E-state index contributed by atoms with van der Waals surface area (Å²) in [6, 6.07) is 36.4. The summed E-state index contributed by atoms with van der Waals surface area (Å²) in [7, 11) is 1.62. The van der Waals surface area contributed by atoms with Gasteiger partial charge in [0.2, 0.25) is 5.56 Å². The van der Waals surface area contributed by atoms with Gasteiger partial charge in [0, 0.05) is 30.1 Å². The highest BCUT2D eigenvalue weighted by Crippen LogP contribution is 2.31. The van der Waals surface area contributed by atoms with Crippen molar-refractivity contribution in [1.29, 1.82) is 0 Å². The van der Waals surface area contributed by atoms with Gasteiger partial charge in [-0.3, -0.25) is 4.79 Å². The monoisotopic (exact) mass is 671 g/mol.